The number of piperidine rings is 1. The number of aromatic nitrogens is 1. The molecule has 5 nitrogen and oxygen atoms in total. The van der Waals surface area contributed by atoms with Gasteiger partial charge < -0.3 is 10.1 Å². The first-order chi connectivity index (χ1) is 10.2. The van der Waals surface area contributed by atoms with Crippen molar-refractivity contribution < 1.29 is 9.53 Å². The van der Waals surface area contributed by atoms with Gasteiger partial charge in [0.05, 0.1) is 18.2 Å². The van der Waals surface area contributed by atoms with Gasteiger partial charge in [0.2, 0.25) is 0 Å². The zero-order chi connectivity index (χ0) is 15.1. The molecule has 0 amide bonds. The molecule has 1 N–H and O–H groups in total. The first-order valence-corrected chi connectivity index (χ1v) is 7.80. The zero-order valence-electron chi connectivity index (χ0n) is 13.0. The molecule has 1 aromatic heterocycles. The lowest BCUT2D eigenvalue weighted by molar-refractivity contribution is -0.150. The van der Waals surface area contributed by atoms with Gasteiger partial charge in [0, 0.05) is 31.5 Å². The average molecular weight is 291 g/mol. The Kier molecular flexibility index (Phi) is 5.99. The molecule has 0 radical (unpaired) electrons. The molecule has 1 aliphatic heterocycles. The number of rotatable bonds is 6. The number of pyridine rings is 1. The molecule has 0 bridgehead atoms. The van der Waals surface area contributed by atoms with Crippen LogP contribution in [0.15, 0.2) is 18.3 Å². The van der Waals surface area contributed by atoms with Crippen molar-refractivity contribution in [3.05, 3.63) is 24.0 Å². The highest BCUT2D eigenvalue weighted by atomic mass is 16.5. The Bertz CT molecular complexity index is 465. The smallest absolute Gasteiger partial charge is 0.310 e. The summed E-state index contributed by atoms with van der Waals surface area (Å²) in [6.07, 6.45) is 3.80. The van der Waals surface area contributed by atoms with Crippen LogP contribution in [0.25, 0.3) is 0 Å². The minimum atomic E-state index is -0.0587. The minimum Gasteiger partial charge on any atom is -0.466 e. The summed E-state index contributed by atoms with van der Waals surface area (Å²) in [6.45, 7) is 7.87. The first-order valence-electron chi connectivity index (χ1n) is 7.80. The number of esters is 1. The highest BCUT2D eigenvalue weighted by molar-refractivity contribution is 5.72. The van der Waals surface area contributed by atoms with Crippen LogP contribution in [0.2, 0.25) is 0 Å². The summed E-state index contributed by atoms with van der Waals surface area (Å²) in [6, 6.07) is 4.06. The molecule has 0 aromatic carbocycles. The van der Waals surface area contributed by atoms with Gasteiger partial charge in [-0.3, -0.25) is 14.7 Å². The third-order valence-corrected chi connectivity index (χ3v) is 3.71. The van der Waals surface area contributed by atoms with Crippen molar-refractivity contribution in [2.45, 2.75) is 33.2 Å². The summed E-state index contributed by atoms with van der Waals surface area (Å²) < 4.78 is 5.14. The number of nitrogens with zero attached hydrogens (tertiary/aromatic N) is 2. The molecule has 21 heavy (non-hydrogen) atoms. The molecular formula is C16H25N3O2. The van der Waals surface area contributed by atoms with Gasteiger partial charge in [-0.25, -0.2) is 0 Å². The Labute approximate surface area is 126 Å². The molecule has 5 heteroatoms. The summed E-state index contributed by atoms with van der Waals surface area (Å²) in [7, 11) is 0. The van der Waals surface area contributed by atoms with Crippen molar-refractivity contribution >= 4 is 11.7 Å². The van der Waals surface area contributed by atoms with E-state index >= 15 is 0 Å². The lowest BCUT2D eigenvalue weighted by Gasteiger charge is -2.31. The summed E-state index contributed by atoms with van der Waals surface area (Å²) in [5.41, 5.74) is 2.14. The monoisotopic (exact) mass is 291 g/mol. The highest BCUT2D eigenvalue weighted by Crippen LogP contribution is 2.20. The van der Waals surface area contributed by atoms with Crippen LogP contribution in [0.5, 0.6) is 0 Å². The molecule has 1 saturated heterocycles. The van der Waals surface area contributed by atoms with E-state index in [9.17, 15) is 4.79 Å². The fraction of sp³-hybridized carbons (Fsp3) is 0.625. The maximum absolute atomic E-state index is 11.9. The van der Waals surface area contributed by atoms with Crippen LogP contribution in [-0.2, 0) is 16.1 Å². The fourth-order valence-electron chi connectivity index (χ4n) is 2.76. The summed E-state index contributed by atoms with van der Waals surface area (Å²) >= 11 is 0. The van der Waals surface area contributed by atoms with Crippen LogP contribution >= 0.6 is 0 Å². The predicted octanol–water partition coefficient (Wildman–Crippen LogP) is 2.29. The predicted molar refractivity (Wildman–Crippen MR) is 83.0 cm³/mol. The van der Waals surface area contributed by atoms with Crippen molar-refractivity contribution in [1.82, 2.24) is 9.88 Å². The SMILES string of the molecule is CCNc1ccnc(CN2CCCC(C(=O)OCC)C2)c1. The second-order valence-electron chi connectivity index (χ2n) is 5.39. The van der Waals surface area contributed by atoms with Crippen molar-refractivity contribution in [3.63, 3.8) is 0 Å². The Morgan fingerprint density at radius 2 is 2.38 bits per heavy atom. The molecule has 2 heterocycles. The maximum atomic E-state index is 11.9. The number of likely N-dealkylation sites (tertiary alicyclic amines) is 1. The van der Waals surface area contributed by atoms with Crippen LogP contribution in [0, 0.1) is 5.92 Å². The first kappa shape index (κ1) is 15.8. The Morgan fingerprint density at radius 1 is 1.52 bits per heavy atom. The maximum Gasteiger partial charge on any atom is 0.310 e. The van der Waals surface area contributed by atoms with Gasteiger partial charge in [-0.05, 0) is 45.4 Å². The Balaban J connectivity index is 1.93. The fourth-order valence-corrected chi connectivity index (χ4v) is 2.76. The topological polar surface area (TPSA) is 54.5 Å². The molecule has 0 spiro atoms. The van der Waals surface area contributed by atoms with Crippen LogP contribution in [0.4, 0.5) is 5.69 Å². The lowest BCUT2D eigenvalue weighted by Crippen LogP contribution is -2.39. The molecule has 1 aromatic rings. The summed E-state index contributed by atoms with van der Waals surface area (Å²) in [5, 5.41) is 3.30. The quantitative estimate of drug-likeness (QED) is 0.815. The van der Waals surface area contributed by atoms with Crippen LogP contribution < -0.4 is 5.32 Å². The lowest BCUT2D eigenvalue weighted by atomic mass is 9.98. The summed E-state index contributed by atoms with van der Waals surface area (Å²) in [5.74, 6) is -0.0489. The van der Waals surface area contributed by atoms with Crippen molar-refractivity contribution in [1.29, 1.82) is 0 Å². The van der Waals surface area contributed by atoms with Crippen molar-refractivity contribution in [3.8, 4) is 0 Å². The van der Waals surface area contributed by atoms with Gasteiger partial charge in [-0.15, -0.1) is 0 Å². The van der Waals surface area contributed by atoms with Gasteiger partial charge in [-0.1, -0.05) is 0 Å². The van der Waals surface area contributed by atoms with Gasteiger partial charge in [0.1, 0.15) is 0 Å². The number of ether oxygens (including phenoxy) is 1. The van der Waals surface area contributed by atoms with Gasteiger partial charge >= 0.3 is 5.97 Å². The van der Waals surface area contributed by atoms with Crippen LogP contribution in [-0.4, -0.2) is 42.1 Å². The molecule has 1 fully saturated rings. The zero-order valence-corrected chi connectivity index (χ0v) is 13.0. The van der Waals surface area contributed by atoms with Gasteiger partial charge in [-0.2, -0.15) is 0 Å². The molecule has 0 saturated carbocycles. The standard InChI is InChI=1S/C16H25N3O2/c1-3-17-14-7-8-18-15(10-14)12-19-9-5-6-13(11-19)16(20)21-4-2/h7-8,10,13H,3-6,9,11-12H2,1-2H3,(H,17,18). The number of anilines is 1. The third-order valence-electron chi connectivity index (χ3n) is 3.71. The van der Waals surface area contributed by atoms with Crippen LogP contribution in [0.1, 0.15) is 32.4 Å². The normalized spacial score (nSPS) is 19.2. The Morgan fingerprint density at radius 3 is 3.14 bits per heavy atom. The van der Waals surface area contributed by atoms with E-state index in [0.717, 1.165) is 50.4 Å². The van der Waals surface area contributed by atoms with E-state index < -0.39 is 0 Å². The third kappa shape index (κ3) is 4.70. The Hall–Kier alpha value is -1.62. The molecular weight excluding hydrogens is 266 g/mol. The largest absolute Gasteiger partial charge is 0.466 e. The van der Waals surface area contributed by atoms with E-state index in [0.29, 0.717) is 6.61 Å². The summed E-state index contributed by atoms with van der Waals surface area (Å²) in [4.78, 5) is 18.6. The van der Waals surface area contributed by atoms with E-state index in [1.54, 1.807) is 0 Å². The number of carbonyl (C=O) groups is 1. The van der Waals surface area contributed by atoms with Gasteiger partial charge in [0.25, 0.3) is 0 Å². The molecule has 0 aliphatic carbocycles. The van der Waals surface area contributed by atoms with E-state index in [-0.39, 0.29) is 11.9 Å². The number of carbonyl (C=O) groups excluding carboxylic acids is 1. The second kappa shape index (κ2) is 7.98. The molecule has 1 aliphatic rings. The van der Waals surface area contributed by atoms with E-state index in [1.807, 2.05) is 19.2 Å². The number of hydrogen-bond donors (Lipinski definition) is 1. The van der Waals surface area contributed by atoms with Crippen molar-refractivity contribution in [2.24, 2.45) is 5.92 Å². The van der Waals surface area contributed by atoms with Crippen LogP contribution in [0.3, 0.4) is 0 Å². The molecule has 1 unspecified atom stereocenters. The molecule has 2 rings (SSSR count). The van der Waals surface area contributed by atoms with Crippen molar-refractivity contribution in [2.75, 3.05) is 31.6 Å². The number of nitrogens with one attached hydrogen (secondary N) is 1. The number of hydrogen-bond acceptors (Lipinski definition) is 5. The minimum absolute atomic E-state index is 0.00986. The second-order valence-corrected chi connectivity index (χ2v) is 5.39. The van der Waals surface area contributed by atoms with Gasteiger partial charge in [0.15, 0.2) is 0 Å². The van der Waals surface area contributed by atoms with E-state index in [1.165, 1.54) is 0 Å². The molecule has 1 atom stereocenters. The molecule has 116 valence electrons. The highest BCUT2D eigenvalue weighted by Gasteiger charge is 2.26. The van der Waals surface area contributed by atoms with E-state index in [4.69, 9.17) is 4.74 Å². The van der Waals surface area contributed by atoms with E-state index in [2.05, 4.69) is 28.2 Å². The average Bonchev–Trinajstić information content (AvgIpc) is 2.48.